The highest BCUT2D eigenvalue weighted by Crippen LogP contribution is 2.29. The number of aryl methyl sites for hydroxylation is 1. The summed E-state index contributed by atoms with van der Waals surface area (Å²) in [5.41, 5.74) is 0. The Morgan fingerprint density at radius 2 is 2.26 bits per heavy atom. The molecule has 0 fully saturated rings. The number of nitrogens with one attached hydrogen (secondary N) is 1. The van der Waals surface area contributed by atoms with E-state index < -0.39 is 10.8 Å². The van der Waals surface area contributed by atoms with Gasteiger partial charge in [-0.25, -0.2) is 9.97 Å². The molecule has 2 heterocycles. The molecule has 2 aromatic heterocycles. The molecule has 1 N–H and O–H groups in total. The van der Waals surface area contributed by atoms with Gasteiger partial charge in [0, 0.05) is 33.7 Å². The average molecular weight is 318 g/mol. The first kappa shape index (κ1) is 14.7. The molecule has 0 bridgehead atoms. The number of thiophene rings is 1. The van der Waals surface area contributed by atoms with E-state index >= 15 is 0 Å². The minimum Gasteiger partial charge on any atom is -0.369 e. The molecule has 0 aliphatic heterocycles. The fraction of sp³-hybridized carbons (Fsp3) is 0.500. The summed E-state index contributed by atoms with van der Waals surface area (Å²) in [5.74, 6) is 0.758. The highest BCUT2D eigenvalue weighted by Gasteiger charge is 2.10. The van der Waals surface area contributed by atoms with Gasteiger partial charge in [0.2, 0.25) is 5.28 Å². The van der Waals surface area contributed by atoms with Gasteiger partial charge in [-0.05, 0) is 31.0 Å². The Bertz CT molecular complexity index is 614. The molecule has 2 aromatic rings. The molecule has 7 heteroatoms. The summed E-state index contributed by atoms with van der Waals surface area (Å²) in [6.07, 6.45) is 2.56. The molecule has 0 spiro atoms. The highest BCUT2D eigenvalue weighted by molar-refractivity contribution is 7.84. The summed E-state index contributed by atoms with van der Waals surface area (Å²) in [7, 11) is -0.792. The van der Waals surface area contributed by atoms with Gasteiger partial charge in [0.15, 0.2) is 0 Å². The van der Waals surface area contributed by atoms with Gasteiger partial charge in [-0.3, -0.25) is 4.21 Å². The Kier molecular flexibility index (Phi) is 4.76. The second-order valence-electron chi connectivity index (χ2n) is 4.44. The molecule has 0 saturated heterocycles. The van der Waals surface area contributed by atoms with Gasteiger partial charge in [0.05, 0.1) is 5.39 Å². The number of hydrogen-bond acceptors (Lipinski definition) is 5. The van der Waals surface area contributed by atoms with Crippen molar-refractivity contribution in [1.29, 1.82) is 0 Å². The van der Waals surface area contributed by atoms with Crippen molar-refractivity contribution < 1.29 is 4.21 Å². The van der Waals surface area contributed by atoms with Crippen molar-refractivity contribution >= 4 is 49.8 Å². The van der Waals surface area contributed by atoms with E-state index in [-0.39, 0.29) is 10.5 Å². The van der Waals surface area contributed by atoms with Gasteiger partial charge < -0.3 is 5.32 Å². The van der Waals surface area contributed by atoms with Gasteiger partial charge in [0.25, 0.3) is 0 Å². The van der Waals surface area contributed by atoms with Gasteiger partial charge in [-0.15, -0.1) is 11.3 Å². The molecule has 0 saturated carbocycles. The first-order chi connectivity index (χ1) is 8.97. The number of anilines is 1. The maximum atomic E-state index is 11.3. The Hall–Kier alpha value is -0.720. The lowest BCUT2D eigenvalue weighted by atomic mass is 10.3. The van der Waals surface area contributed by atoms with Crippen LogP contribution in [-0.4, -0.2) is 32.2 Å². The van der Waals surface area contributed by atoms with Crippen LogP contribution in [0.3, 0.4) is 0 Å². The van der Waals surface area contributed by atoms with Crippen molar-refractivity contribution in [2.24, 2.45) is 0 Å². The molecule has 0 amide bonds. The second kappa shape index (κ2) is 6.15. The molecule has 19 heavy (non-hydrogen) atoms. The number of nitrogens with zero attached hydrogens (tertiary/aromatic N) is 2. The molecule has 2 unspecified atom stereocenters. The second-order valence-corrected chi connectivity index (χ2v) is 7.82. The van der Waals surface area contributed by atoms with Crippen LogP contribution in [-0.2, 0) is 10.8 Å². The smallest absolute Gasteiger partial charge is 0.225 e. The zero-order valence-corrected chi connectivity index (χ0v) is 13.5. The van der Waals surface area contributed by atoms with Crippen LogP contribution in [0, 0.1) is 6.92 Å². The average Bonchev–Trinajstić information content (AvgIpc) is 2.68. The van der Waals surface area contributed by atoms with Crippen molar-refractivity contribution in [3.05, 3.63) is 16.2 Å². The quantitative estimate of drug-likeness (QED) is 0.860. The van der Waals surface area contributed by atoms with Crippen LogP contribution in [0.5, 0.6) is 0 Å². The lowest BCUT2D eigenvalue weighted by Gasteiger charge is -2.10. The highest BCUT2D eigenvalue weighted by atomic mass is 35.5. The van der Waals surface area contributed by atoms with Gasteiger partial charge in [-0.2, -0.15) is 0 Å². The van der Waals surface area contributed by atoms with E-state index in [1.807, 2.05) is 13.8 Å². The first-order valence-corrected chi connectivity index (χ1v) is 8.78. The summed E-state index contributed by atoms with van der Waals surface area (Å²) >= 11 is 7.52. The standard InChI is InChI=1S/C12H16ClN3OS2/c1-7-6-9-10(14-5-4-8(2)19(3)17)15-12(13)16-11(9)18-7/h6,8H,4-5H2,1-3H3,(H,14,15,16). The maximum absolute atomic E-state index is 11.3. The van der Waals surface area contributed by atoms with E-state index in [0.29, 0.717) is 0 Å². The van der Waals surface area contributed by atoms with Gasteiger partial charge >= 0.3 is 0 Å². The van der Waals surface area contributed by atoms with Crippen LogP contribution in [0.15, 0.2) is 6.07 Å². The lowest BCUT2D eigenvalue weighted by Crippen LogP contribution is -2.15. The minimum atomic E-state index is -0.792. The van der Waals surface area contributed by atoms with Crippen LogP contribution in [0.4, 0.5) is 5.82 Å². The largest absolute Gasteiger partial charge is 0.369 e. The van der Waals surface area contributed by atoms with E-state index in [4.69, 9.17) is 11.6 Å². The Morgan fingerprint density at radius 3 is 2.95 bits per heavy atom. The Balaban J connectivity index is 2.13. The predicted octanol–water partition coefficient (Wildman–Crippen LogP) is 3.22. The maximum Gasteiger partial charge on any atom is 0.225 e. The zero-order chi connectivity index (χ0) is 14.0. The third-order valence-electron chi connectivity index (χ3n) is 2.90. The molecular formula is C12H16ClN3OS2. The topological polar surface area (TPSA) is 54.9 Å². The number of aromatic nitrogens is 2. The van der Waals surface area contributed by atoms with Crippen molar-refractivity contribution in [2.75, 3.05) is 18.1 Å². The molecule has 104 valence electrons. The summed E-state index contributed by atoms with van der Waals surface area (Å²) < 4.78 is 11.3. The van der Waals surface area contributed by atoms with Gasteiger partial charge in [-0.1, -0.05) is 6.92 Å². The molecule has 0 aliphatic carbocycles. The third kappa shape index (κ3) is 3.64. The molecule has 0 radical (unpaired) electrons. The fourth-order valence-corrected chi connectivity index (χ4v) is 3.26. The van der Waals surface area contributed by atoms with Crippen molar-refractivity contribution in [3.63, 3.8) is 0 Å². The zero-order valence-electron chi connectivity index (χ0n) is 11.1. The molecule has 2 atom stereocenters. The summed E-state index contributed by atoms with van der Waals surface area (Å²) in [5, 5.41) is 4.69. The van der Waals surface area contributed by atoms with Crippen molar-refractivity contribution in [1.82, 2.24) is 9.97 Å². The van der Waals surface area contributed by atoms with E-state index in [0.717, 1.165) is 29.0 Å². The molecule has 0 aromatic carbocycles. The summed E-state index contributed by atoms with van der Waals surface area (Å²) in [4.78, 5) is 10.5. The molecular weight excluding hydrogens is 302 g/mol. The summed E-state index contributed by atoms with van der Waals surface area (Å²) in [6, 6.07) is 2.06. The van der Waals surface area contributed by atoms with Crippen LogP contribution >= 0.6 is 22.9 Å². The fourth-order valence-electron chi connectivity index (χ4n) is 1.71. The normalized spacial score (nSPS) is 14.5. The van der Waals surface area contributed by atoms with Gasteiger partial charge in [0.1, 0.15) is 10.6 Å². The predicted molar refractivity (Wildman–Crippen MR) is 83.8 cm³/mol. The van der Waals surface area contributed by atoms with Crippen molar-refractivity contribution in [3.8, 4) is 0 Å². The van der Waals surface area contributed by atoms with E-state index in [1.54, 1.807) is 17.6 Å². The van der Waals surface area contributed by atoms with E-state index in [9.17, 15) is 4.21 Å². The number of rotatable bonds is 5. The molecule has 2 rings (SSSR count). The van der Waals surface area contributed by atoms with Crippen LogP contribution in [0.1, 0.15) is 18.2 Å². The third-order valence-corrected chi connectivity index (χ3v) is 5.38. The monoisotopic (exact) mass is 317 g/mol. The molecule has 4 nitrogen and oxygen atoms in total. The Labute approximate surface area is 124 Å². The molecule has 0 aliphatic rings. The number of fused-ring (bicyclic) bond motifs is 1. The van der Waals surface area contributed by atoms with E-state index in [1.165, 1.54) is 4.88 Å². The Morgan fingerprint density at radius 1 is 1.53 bits per heavy atom. The SMILES string of the molecule is Cc1cc2c(NCCC(C)S(C)=O)nc(Cl)nc2s1. The lowest BCUT2D eigenvalue weighted by molar-refractivity contribution is 0.672. The van der Waals surface area contributed by atoms with E-state index in [2.05, 4.69) is 21.4 Å². The van der Waals surface area contributed by atoms with Crippen LogP contribution in [0.25, 0.3) is 10.2 Å². The van der Waals surface area contributed by atoms with Crippen molar-refractivity contribution in [2.45, 2.75) is 25.5 Å². The van der Waals surface area contributed by atoms with Crippen LogP contribution < -0.4 is 5.32 Å². The number of halogens is 1. The number of hydrogen-bond donors (Lipinski definition) is 1. The summed E-state index contributed by atoms with van der Waals surface area (Å²) in [6.45, 7) is 4.74. The van der Waals surface area contributed by atoms with Crippen LogP contribution in [0.2, 0.25) is 5.28 Å². The minimum absolute atomic E-state index is 0.171. The first-order valence-electron chi connectivity index (χ1n) is 5.97.